The Morgan fingerprint density at radius 1 is 1.11 bits per heavy atom. The molecule has 2 saturated heterocycles. The van der Waals surface area contributed by atoms with Gasteiger partial charge < -0.3 is 15.5 Å². The Morgan fingerprint density at radius 2 is 1.68 bits per heavy atom. The Hall–Kier alpha value is -0.780. The standard InChI is InChI=1S/C18H28ClN5O2S.HI/c1-27(25,26)24-8-6-15(7-9-24)14-21-18(20)23-12-10-22(11-13-23)17-4-2-16(19)3-5-17;/h2-5,15H,6-14H2,1H3,(H2,20,21);1H. The van der Waals surface area contributed by atoms with E-state index >= 15 is 0 Å². The van der Waals surface area contributed by atoms with Crippen LogP contribution in [-0.2, 0) is 10.0 Å². The second kappa shape index (κ2) is 10.3. The molecule has 0 aromatic heterocycles. The molecule has 1 aromatic rings. The van der Waals surface area contributed by atoms with Crippen LogP contribution >= 0.6 is 35.6 Å². The fourth-order valence-electron chi connectivity index (χ4n) is 3.59. The zero-order chi connectivity index (χ0) is 19.4. The van der Waals surface area contributed by atoms with Gasteiger partial charge in [0.05, 0.1) is 6.26 Å². The van der Waals surface area contributed by atoms with E-state index in [1.54, 1.807) is 4.31 Å². The molecule has 0 aliphatic carbocycles. The van der Waals surface area contributed by atoms with Crippen molar-refractivity contribution < 1.29 is 8.42 Å². The largest absolute Gasteiger partial charge is 0.370 e. The van der Waals surface area contributed by atoms with Crippen LogP contribution in [0.1, 0.15) is 12.8 Å². The number of nitrogens with two attached hydrogens (primary N) is 1. The van der Waals surface area contributed by atoms with E-state index in [1.807, 2.05) is 24.3 Å². The Morgan fingerprint density at radius 3 is 2.21 bits per heavy atom. The summed E-state index contributed by atoms with van der Waals surface area (Å²) in [6.07, 6.45) is 2.95. The summed E-state index contributed by atoms with van der Waals surface area (Å²) in [5, 5.41) is 0.746. The van der Waals surface area contributed by atoms with E-state index in [0.717, 1.165) is 44.0 Å². The molecule has 0 saturated carbocycles. The van der Waals surface area contributed by atoms with E-state index < -0.39 is 10.0 Å². The predicted molar refractivity (Wildman–Crippen MR) is 126 cm³/mol. The first-order chi connectivity index (χ1) is 12.8. The zero-order valence-electron chi connectivity index (χ0n) is 16.1. The maximum atomic E-state index is 11.6. The second-order valence-electron chi connectivity index (χ2n) is 7.25. The van der Waals surface area contributed by atoms with E-state index in [9.17, 15) is 8.42 Å². The summed E-state index contributed by atoms with van der Waals surface area (Å²) in [4.78, 5) is 9.03. The van der Waals surface area contributed by atoms with Crippen LogP contribution in [0.15, 0.2) is 29.3 Å². The minimum absolute atomic E-state index is 0. The van der Waals surface area contributed by atoms with Crippen molar-refractivity contribution in [2.45, 2.75) is 12.8 Å². The van der Waals surface area contributed by atoms with Crippen LogP contribution < -0.4 is 10.6 Å². The highest BCUT2D eigenvalue weighted by Gasteiger charge is 2.25. The maximum absolute atomic E-state index is 11.6. The molecule has 0 atom stereocenters. The molecule has 158 valence electrons. The van der Waals surface area contributed by atoms with E-state index in [2.05, 4.69) is 14.8 Å². The van der Waals surface area contributed by atoms with Crippen molar-refractivity contribution in [2.24, 2.45) is 16.6 Å². The number of rotatable bonds is 4. The van der Waals surface area contributed by atoms with Crippen LogP contribution in [0.4, 0.5) is 5.69 Å². The van der Waals surface area contributed by atoms with Gasteiger partial charge in [-0.05, 0) is 43.0 Å². The molecular formula is C18H29ClIN5O2S. The molecule has 2 aliphatic rings. The van der Waals surface area contributed by atoms with Gasteiger partial charge >= 0.3 is 0 Å². The van der Waals surface area contributed by atoms with Crippen LogP contribution in [0.5, 0.6) is 0 Å². The van der Waals surface area contributed by atoms with Crippen molar-refractivity contribution in [3.05, 3.63) is 29.3 Å². The number of piperazine rings is 1. The van der Waals surface area contributed by atoms with Crippen LogP contribution in [0.3, 0.4) is 0 Å². The van der Waals surface area contributed by atoms with E-state index in [4.69, 9.17) is 17.3 Å². The molecule has 2 aliphatic heterocycles. The number of benzene rings is 1. The van der Waals surface area contributed by atoms with Gasteiger partial charge in [0.15, 0.2) is 5.96 Å². The Bertz CT molecular complexity index is 759. The number of piperidine rings is 1. The van der Waals surface area contributed by atoms with Gasteiger partial charge in [-0.25, -0.2) is 12.7 Å². The summed E-state index contributed by atoms with van der Waals surface area (Å²) < 4.78 is 24.7. The lowest BCUT2D eigenvalue weighted by Crippen LogP contribution is -2.51. The average Bonchev–Trinajstić information content (AvgIpc) is 2.66. The third-order valence-electron chi connectivity index (χ3n) is 5.35. The van der Waals surface area contributed by atoms with E-state index in [1.165, 1.54) is 11.9 Å². The topological polar surface area (TPSA) is 82.2 Å². The number of halogens is 2. The Labute approximate surface area is 190 Å². The van der Waals surface area contributed by atoms with Gasteiger partial charge in [-0.3, -0.25) is 4.99 Å². The maximum Gasteiger partial charge on any atom is 0.211 e. The van der Waals surface area contributed by atoms with Crippen LogP contribution in [0, 0.1) is 5.92 Å². The zero-order valence-corrected chi connectivity index (χ0v) is 20.0. The van der Waals surface area contributed by atoms with Gasteiger partial charge in [-0.1, -0.05) is 11.6 Å². The van der Waals surface area contributed by atoms with Crippen molar-refractivity contribution in [1.29, 1.82) is 0 Å². The molecule has 0 radical (unpaired) electrons. The molecule has 0 bridgehead atoms. The minimum Gasteiger partial charge on any atom is -0.370 e. The number of aliphatic imine (C=N–C) groups is 1. The van der Waals surface area contributed by atoms with Crippen molar-refractivity contribution in [2.75, 3.05) is 57.0 Å². The van der Waals surface area contributed by atoms with Gasteiger partial charge in [0.1, 0.15) is 0 Å². The van der Waals surface area contributed by atoms with Crippen molar-refractivity contribution in [3.8, 4) is 0 Å². The summed E-state index contributed by atoms with van der Waals surface area (Å²) >= 11 is 5.95. The molecule has 1 aromatic carbocycles. The molecule has 0 amide bonds. The normalized spacial score (nSPS) is 20.1. The van der Waals surface area contributed by atoms with Crippen LogP contribution in [0.25, 0.3) is 0 Å². The van der Waals surface area contributed by atoms with Crippen LogP contribution in [-0.4, -0.2) is 75.7 Å². The fourth-order valence-corrected chi connectivity index (χ4v) is 4.59. The third kappa shape index (κ3) is 6.36. The lowest BCUT2D eigenvalue weighted by atomic mass is 9.98. The number of hydrogen-bond donors (Lipinski definition) is 1. The molecule has 7 nitrogen and oxygen atoms in total. The molecule has 3 rings (SSSR count). The molecule has 28 heavy (non-hydrogen) atoms. The van der Waals surface area contributed by atoms with Gasteiger partial charge in [0, 0.05) is 56.5 Å². The highest BCUT2D eigenvalue weighted by atomic mass is 127. The Balaban J connectivity index is 0.00000280. The third-order valence-corrected chi connectivity index (χ3v) is 6.90. The molecule has 0 unspecified atom stereocenters. The Kier molecular flexibility index (Phi) is 8.65. The van der Waals surface area contributed by atoms with Crippen molar-refractivity contribution in [3.63, 3.8) is 0 Å². The number of anilines is 1. The van der Waals surface area contributed by atoms with Crippen molar-refractivity contribution >= 4 is 57.2 Å². The number of hydrogen-bond acceptors (Lipinski definition) is 4. The quantitative estimate of drug-likeness (QED) is 0.359. The molecule has 2 fully saturated rings. The van der Waals surface area contributed by atoms with E-state index in [-0.39, 0.29) is 24.0 Å². The van der Waals surface area contributed by atoms with Gasteiger partial charge in [-0.2, -0.15) is 0 Å². The monoisotopic (exact) mass is 541 g/mol. The minimum atomic E-state index is -3.08. The number of nitrogens with zero attached hydrogens (tertiary/aromatic N) is 4. The highest BCUT2D eigenvalue weighted by molar-refractivity contribution is 14.0. The molecule has 0 spiro atoms. The van der Waals surface area contributed by atoms with Gasteiger partial charge in [0.25, 0.3) is 0 Å². The lowest BCUT2D eigenvalue weighted by molar-refractivity contribution is 0.279. The first-order valence-electron chi connectivity index (χ1n) is 9.33. The average molecular weight is 542 g/mol. The summed E-state index contributed by atoms with van der Waals surface area (Å²) in [5.74, 6) is 0.994. The predicted octanol–water partition coefficient (Wildman–Crippen LogP) is 2.07. The SMILES string of the molecule is CS(=O)(=O)N1CCC(CN=C(N)N2CCN(c3ccc(Cl)cc3)CC2)CC1.I. The summed E-state index contributed by atoms with van der Waals surface area (Å²) in [6, 6.07) is 7.90. The number of sulfonamides is 1. The van der Waals surface area contributed by atoms with Crippen molar-refractivity contribution in [1.82, 2.24) is 9.21 Å². The summed E-state index contributed by atoms with van der Waals surface area (Å²) in [7, 11) is -3.08. The van der Waals surface area contributed by atoms with E-state index in [0.29, 0.717) is 31.5 Å². The van der Waals surface area contributed by atoms with Gasteiger partial charge in [0.2, 0.25) is 10.0 Å². The first-order valence-corrected chi connectivity index (χ1v) is 11.6. The number of guanidine groups is 1. The molecule has 2 heterocycles. The molecular weight excluding hydrogens is 513 g/mol. The molecule has 2 N–H and O–H groups in total. The smallest absolute Gasteiger partial charge is 0.211 e. The van der Waals surface area contributed by atoms with Gasteiger partial charge in [-0.15, -0.1) is 24.0 Å². The first kappa shape index (κ1) is 23.5. The van der Waals surface area contributed by atoms with Crippen LogP contribution in [0.2, 0.25) is 5.02 Å². The lowest BCUT2D eigenvalue weighted by Gasteiger charge is -2.37. The summed E-state index contributed by atoms with van der Waals surface area (Å²) in [6.45, 7) is 5.29. The summed E-state index contributed by atoms with van der Waals surface area (Å²) in [5.41, 5.74) is 7.37. The highest BCUT2D eigenvalue weighted by Crippen LogP contribution is 2.21. The fraction of sp³-hybridized carbons (Fsp3) is 0.611. The second-order valence-corrected chi connectivity index (χ2v) is 9.67. The molecule has 10 heteroatoms.